The number of nitrogens with one attached hydrogen (secondary N) is 1. The van der Waals surface area contributed by atoms with Gasteiger partial charge in [0, 0.05) is 19.1 Å². The summed E-state index contributed by atoms with van der Waals surface area (Å²) in [6.45, 7) is 13.7. The minimum Gasteiger partial charge on any atom is -0.310 e. The third-order valence-electron chi connectivity index (χ3n) is 4.72. The molecule has 0 aromatic heterocycles. The van der Waals surface area contributed by atoms with Crippen LogP contribution in [0.15, 0.2) is 24.3 Å². The lowest BCUT2D eigenvalue weighted by atomic mass is 9.86. The minimum atomic E-state index is 0.548. The standard InChI is InChI=1S/C19H32N2/c1-15(2)19-9-11-21(12-10-19)14-18-7-5-17(6-8-18)13-20-16(3)4/h5-8,15-16,19-20H,9-14H2,1-4H3. The van der Waals surface area contributed by atoms with Crippen LogP contribution in [0, 0.1) is 11.8 Å². The zero-order valence-corrected chi connectivity index (χ0v) is 14.2. The fourth-order valence-corrected chi connectivity index (χ4v) is 3.12. The summed E-state index contributed by atoms with van der Waals surface area (Å²) in [6.07, 6.45) is 2.74. The monoisotopic (exact) mass is 288 g/mol. The molecule has 1 aliphatic heterocycles. The minimum absolute atomic E-state index is 0.548. The average Bonchev–Trinajstić information content (AvgIpc) is 2.47. The van der Waals surface area contributed by atoms with Crippen molar-refractivity contribution >= 4 is 0 Å². The van der Waals surface area contributed by atoms with Crippen molar-refractivity contribution in [3.05, 3.63) is 35.4 Å². The molecule has 1 fully saturated rings. The Hall–Kier alpha value is -0.860. The van der Waals surface area contributed by atoms with Gasteiger partial charge in [-0.25, -0.2) is 0 Å². The molecule has 1 aromatic rings. The molecule has 1 saturated heterocycles. The van der Waals surface area contributed by atoms with Crippen molar-refractivity contribution in [1.82, 2.24) is 10.2 Å². The van der Waals surface area contributed by atoms with Crippen LogP contribution in [0.4, 0.5) is 0 Å². The van der Waals surface area contributed by atoms with Crippen molar-refractivity contribution in [3.63, 3.8) is 0 Å². The first-order valence-corrected chi connectivity index (χ1v) is 8.58. The smallest absolute Gasteiger partial charge is 0.0233 e. The maximum Gasteiger partial charge on any atom is 0.0233 e. The van der Waals surface area contributed by atoms with Gasteiger partial charge in [-0.3, -0.25) is 4.90 Å². The summed E-state index contributed by atoms with van der Waals surface area (Å²) in [6, 6.07) is 9.68. The fourth-order valence-electron chi connectivity index (χ4n) is 3.12. The molecule has 0 aliphatic carbocycles. The molecular weight excluding hydrogens is 256 g/mol. The van der Waals surface area contributed by atoms with Crippen LogP contribution >= 0.6 is 0 Å². The summed E-state index contributed by atoms with van der Waals surface area (Å²) < 4.78 is 0. The molecule has 0 saturated carbocycles. The number of piperidine rings is 1. The van der Waals surface area contributed by atoms with Crippen molar-refractivity contribution in [2.75, 3.05) is 13.1 Å². The Balaban J connectivity index is 1.78. The summed E-state index contributed by atoms with van der Waals surface area (Å²) in [5.74, 6) is 1.78. The van der Waals surface area contributed by atoms with Crippen molar-refractivity contribution in [3.8, 4) is 0 Å². The Morgan fingerprint density at radius 3 is 2.10 bits per heavy atom. The van der Waals surface area contributed by atoms with Crippen LogP contribution in [0.3, 0.4) is 0 Å². The lowest BCUT2D eigenvalue weighted by molar-refractivity contribution is 0.152. The first-order valence-electron chi connectivity index (χ1n) is 8.58. The van der Waals surface area contributed by atoms with Gasteiger partial charge in [0.1, 0.15) is 0 Å². The number of likely N-dealkylation sites (tertiary alicyclic amines) is 1. The molecule has 0 spiro atoms. The highest BCUT2D eigenvalue weighted by Gasteiger charge is 2.21. The molecule has 0 unspecified atom stereocenters. The Kier molecular flexibility index (Phi) is 6.25. The highest BCUT2D eigenvalue weighted by atomic mass is 15.1. The molecule has 0 amide bonds. The highest BCUT2D eigenvalue weighted by Crippen LogP contribution is 2.25. The van der Waals surface area contributed by atoms with Crippen LogP contribution < -0.4 is 5.32 Å². The molecule has 118 valence electrons. The number of rotatable bonds is 6. The van der Waals surface area contributed by atoms with Gasteiger partial charge in [-0.2, -0.15) is 0 Å². The molecule has 1 N–H and O–H groups in total. The molecule has 0 bridgehead atoms. The van der Waals surface area contributed by atoms with E-state index < -0.39 is 0 Å². The summed E-state index contributed by atoms with van der Waals surface area (Å²) in [5.41, 5.74) is 2.83. The molecular formula is C19H32N2. The first kappa shape index (κ1) is 16.5. The van der Waals surface area contributed by atoms with Gasteiger partial charge in [0.2, 0.25) is 0 Å². The second-order valence-electron chi connectivity index (χ2n) is 7.21. The predicted octanol–water partition coefficient (Wildman–Crippen LogP) is 4.05. The maximum atomic E-state index is 3.47. The SMILES string of the molecule is CC(C)NCc1ccc(CN2CCC(C(C)C)CC2)cc1. The fraction of sp³-hybridized carbons (Fsp3) is 0.684. The number of hydrogen-bond acceptors (Lipinski definition) is 2. The van der Waals surface area contributed by atoms with E-state index in [0.717, 1.165) is 24.9 Å². The molecule has 1 aromatic carbocycles. The zero-order chi connectivity index (χ0) is 15.2. The first-order chi connectivity index (χ1) is 10.0. The van der Waals surface area contributed by atoms with Crippen LogP contribution in [-0.2, 0) is 13.1 Å². The number of benzene rings is 1. The van der Waals surface area contributed by atoms with Crippen LogP contribution in [0.2, 0.25) is 0 Å². The quantitative estimate of drug-likeness (QED) is 0.849. The second kappa shape index (κ2) is 7.95. The third-order valence-corrected chi connectivity index (χ3v) is 4.72. The zero-order valence-electron chi connectivity index (χ0n) is 14.2. The van der Waals surface area contributed by atoms with Crippen molar-refractivity contribution in [2.24, 2.45) is 11.8 Å². The van der Waals surface area contributed by atoms with Gasteiger partial charge >= 0.3 is 0 Å². The largest absolute Gasteiger partial charge is 0.310 e. The van der Waals surface area contributed by atoms with E-state index in [2.05, 4.69) is 62.2 Å². The van der Waals surface area contributed by atoms with Gasteiger partial charge in [-0.1, -0.05) is 52.0 Å². The molecule has 1 heterocycles. The molecule has 2 heteroatoms. The summed E-state index contributed by atoms with van der Waals surface area (Å²) in [4.78, 5) is 2.61. The Labute approximate surface area is 130 Å². The molecule has 2 nitrogen and oxygen atoms in total. The Bertz CT molecular complexity index is 400. The lowest BCUT2D eigenvalue weighted by Crippen LogP contribution is -2.34. The average molecular weight is 288 g/mol. The van der Waals surface area contributed by atoms with Gasteiger partial charge in [0.25, 0.3) is 0 Å². The number of hydrogen-bond donors (Lipinski definition) is 1. The van der Waals surface area contributed by atoms with Crippen LogP contribution in [-0.4, -0.2) is 24.0 Å². The van der Waals surface area contributed by atoms with E-state index in [9.17, 15) is 0 Å². The van der Waals surface area contributed by atoms with Crippen molar-refractivity contribution in [1.29, 1.82) is 0 Å². The van der Waals surface area contributed by atoms with Crippen LogP contribution in [0.5, 0.6) is 0 Å². The highest BCUT2D eigenvalue weighted by molar-refractivity contribution is 5.22. The third kappa shape index (κ3) is 5.44. The summed E-state index contributed by atoms with van der Waals surface area (Å²) in [7, 11) is 0. The molecule has 1 aliphatic rings. The molecule has 21 heavy (non-hydrogen) atoms. The topological polar surface area (TPSA) is 15.3 Å². The van der Waals surface area contributed by atoms with Crippen LogP contribution in [0.25, 0.3) is 0 Å². The molecule has 0 radical (unpaired) electrons. The second-order valence-corrected chi connectivity index (χ2v) is 7.21. The van der Waals surface area contributed by atoms with E-state index in [1.54, 1.807) is 0 Å². The van der Waals surface area contributed by atoms with Crippen LogP contribution in [0.1, 0.15) is 51.7 Å². The summed E-state index contributed by atoms with van der Waals surface area (Å²) >= 11 is 0. The Morgan fingerprint density at radius 2 is 1.57 bits per heavy atom. The predicted molar refractivity (Wildman–Crippen MR) is 91.3 cm³/mol. The normalized spacial score (nSPS) is 17.8. The van der Waals surface area contributed by atoms with Crippen molar-refractivity contribution < 1.29 is 0 Å². The van der Waals surface area contributed by atoms with E-state index in [1.165, 1.54) is 37.1 Å². The maximum absolute atomic E-state index is 3.47. The van der Waals surface area contributed by atoms with E-state index in [-0.39, 0.29) is 0 Å². The van der Waals surface area contributed by atoms with Gasteiger partial charge in [-0.15, -0.1) is 0 Å². The van der Waals surface area contributed by atoms with Gasteiger partial charge in [-0.05, 0) is 48.9 Å². The van der Waals surface area contributed by atoms with Gasteiger partial charge in [0.15, 0.2) is 0 Å². The summed E-state index contributed by atoms with van der Waals surface area (Å²) in [5, 5.41) is 3.47. The number of nitrogens with zero attached hydrogens (tertiary/aromatic N) is 1. The molecule has 0 atom stereocenters. The van der Waals surface area contributed by atoms with Gasteiger partial charge in [0.05, 0.1) is 0 Å². The van der Waals surface area contributed by atoms with E-state index >= 15 is 0 Å². The molecule has 2 rings (SSSR count). The lowest BCUT2D eigenvalue weighted by Gasteiger charge is -2.33. The van der Waals surface area contributed by atoms with Gasteiger partial charge < -0.3 is 5.32 Å². The Morgan fingerprint density at radius 1 is 1.00 bits per heavy atom. The van der Waals surface area contributed by atoms with E-state index in [1.807, 2.05) is 0 Å². The van der Waals surface area contributed by atoms with E-state index in [0.29, 0.717) is 6.04 Å². The van der Waals surface area contributed by atoms with E-state index in [4.69, 9.17) is 0 Å². The van der Waals surface area contributed by atoms with Crippen molar-refractivity contribution in [2.45, 2.75) is 59.7 Å².